The van der Waals surface area contributed by atoms with E-state index in [1.165, 1.54) is 47.2 Å². The van der Waals surface area contributed by atoms with Gasteiger partial charge in [-0.05, 0) is 18.6 Å². The van der Waals surface area contributed by atoms with E-state index in [0.717, 1.165) is 31.5 Å². The minimum absolute atomic E-state index is 0.0429. The summed E-state index contributed by atoms with van der Waals surface area (Å²) >= 11 is 8.76. The highest BCUT2D eigenvalue weighted by molar-refractivity contribution is 8.00. The Morgan fingerprint density at radius 2 is 2.00 bits per heavy atom. The van der Waals surface area contributed by atoms with Gasteiger partial charge in [-0.1, -0.05) is 24.6 Å². The number of rotatable bonds is 11. The van der Waals surface area contributed by atoms with Crippen molar-refractivity contribution in [2.24, 2.45) is 0 Å². The second kappa shape index (κ2) is 13.9. The smallest absolute Gasteiger partial charge is 0.355 e. The van der Waals surface area contributed by atoms with Gasteiger partial charge in [-0.3, -0.25) is 19.3 Å². The lowest BCUT2D eigenvalue weighted by Crippen LogP contribution is -2.71. The maximum Gasteiger partial charge on any atom is 0.355 e. The highest BCUT2D eigenvalue weighted by atomic mass is 35.5. The third-order valence-corrected chi connectivity index (χ3v) is 10.8. The maximum atomic E-state index is 13.5. The molecule has 2 aromatic rings. The number of β-lactam (4-membered cyclic amide) rings is 1. The monoisotopic (exact) mass is 691 g/mol. The van der Waals surface area contributed by atoms with Gasteiger partial charge < -0.3 is 35.8 Å². The molecule has 246 valence electrons. The van der Waals surface area contributed by atoms with Crippen molar-refractivity contribution in [3.8, 4) is 11.5 Å². The van der Waals surface area contributed by atoms with Crippen molar-refractivity contribution in [3.05, 3.63) is 51.1 Å². The Morgan fingerprint density at radius 1 is 1.26 bits per heavy atom. The average Bonchev–Trinajstić information content (AvgIpc) is 3.69. The zero-order chi connectivity index (χ0) is 33.2. The minimum Gasteiger partial charge on any atom is -0.504 e. The van der Waals surface area contributed by atoms with Gasteiger partial charge in [-0.2, -0.15) is 0 Å². The number of hydrogen-bond acceptors (Lipinski definition) is 11. The molecule has 0 radical (unpaired) electrons. The second-order valence-electron chi connectivity index (χ2n) is 11.3. The Hall–Kier alpha value is -3.79. The first kappa shape index (κ1) is 33.6. The number of phenolic OH excluding ortho intramolecular Hbond substituents is 2. The van der Waals surface area contributed by atoms with E-state index in [9.17, 15) is 29.4 Å². The molecule has 0 spiro atoms. The van der Waals surface area contributed by atoms with Crippen LogP contribution in [0.4, 0.5) is 5.13 Å². The van der Waals surface area contributed by atoms with Crippen molar-refractivity contribution in [3.63, 3.8) is 0 Å². The number of benzene rings is 1. The van der Waals surface area contributed by atoms with Crippen LogP contribution in [0.5, 0.6) is 11.5 Å². The van der Waals surface area contributed by atoms with Gasteiger partial charge in [0, 0.05) is 29.5 Å². The number of esters is 1. The minimum atomic E-state index is -0.828. The molecule has 3 aliphatic heterocycles. The van der Waals surface area contributed by atoms with Crippen LogP contribution in [0.3, 0.4) is 0 Å². The molecule has 13 nitrogen and oxygen atoms in total. The number of nitrogens with two attached hydrogens (primary N) is 1. The summed E-state index contributed by atoms with van der Waals surface area (Å²) in [4.78, 5) is 58.4. The SMILES string of the molecule is CC/C=C(/C(=O)NC1C(=O)N2C(C(=O)OC)=C(C[N+]3(CCNC(=O)c4ccc(O)c(O)c4Cl)CCCC3)CSC12)c1csc(N)n1. The van der Waals surface area contributed by atoms with Gasteiger partial charge >= 0.3 is 5.97 Å². The lowest BCUT2D eigenvalue weighted by atomic mass is 10.0. The number of amides is 3. The fourth-order valence-corrected chi connectivity index (χ4v) is 8.29. The van der Waals surface area contributed by atoms with Crippen molar-refractivity contribution < 1.29 is 38.6 Å². The van der Waals surface area contributed by atoms with E-state index >= 15 is 0 Å². The van der Waals surface area contributed by atoms with Gasteiger partial charge in [0.25, 0.3) is 17.7 Å². The van der Waals surface area contributed by atoms with Crippen LogP contribution < -0.4 is 16.4 Å². The molecule has 2 atom stereocenters. The van der Waals surface area contributed by atoms with E-state index in [2.05, 4.69) is 15.6 Å². The summed E-state index contributed by atoms with van der Waals surface area (Å²) in [7, 11) is 1.27. The van der Waals surface area contributed by atoms with Gasteiger partial charge in [0.1, 0.15) is 23.7 Å². The molecular weight excluding hydrogens is 656 g/mol. The maximum absolute atomic E-state index is 13.5. The van der Waals surface area contributed by atoms with Crippen LogP contribution >= 0.6 is 34.7 Å². The van der Waals surface area contributed by atoms with Crippen molar-refractivity contribution in [2.45, 2.75) is 37.6 Å². The van der Waals surface area contributed by atoms with Crippen LogP contribution in [-0.4, -0.2) is 105 Å². The molecule has 3 amide bonds. The van der Waals surface area contributed by atoms with E-state index in [1.807, 2.05) is 6.92 Å². The summed E-state index contributed by atoms with van der Waals surface area (Å²) in [5.74, 6) is -2.45. The van der Waals surface area contributed by atoms with E-state index in [1.54, 1.807) is 11.5 Å². The number of carbonyl (C=O) groups excluding carboxylic acids is 4. The van der Waals surface area contributed by atoms with E-state index < -0.39 is 46.6 Å². The van der Waals surface area contributed by atoms with Crippen LogP contribution in [-0.2, 0) is 19.1 Å². The number of aromatic hydroxyl groups is 2. The lowest BCUT2D eigenvalue weighted by molar-refractivity contribution is -0.911. The van der Waals surface area contributed by atoms with Crippen LogP contribution in [0.2, 0.25) is 5.02 Å². The predicted octanol–water partition coefficient (Wildman–Crippen LogP) is 2.45. The molecule has 0 saturated carbocycles. The number of fused-ring (bicyclic) bond motifs is 1. The summed E-state index contributed by atoms with van der Waals surface area (Å²) in [5.41, 5.74) is 7.58. The van der Waals surface area contributed by atoms with Gasteiger partial charge in [-0.15, -0.1) is 23.1 Å². The molecule has 5 rings (SSSR count). The summed E-state index contributed by atoms with van der Waals surface area (Å²) in [6.45, 7) is 4.87. The molecule has 1 aromatic heterocycles. The number of ether oxygens (including phenoxy) is 1. The molecular formula is C30H36ClN6O7S2+. The number of methoxy groups -OCH3 is 1. The van der Waals surface area contributed by atoms with Gasteiger partial charge in [0.05, 0.1) is 55.1 Å². The molecule has 2 saturated heterocycles. The van der Waals surface area contributed by atoms with Crippen LogP contribution in [0.1, 0.15) is 42.2 Å². The van der Waals surface area contributed by atoms with Crippen LogP contribution in [0, 0.1) is 0 Å². The lowest BCUT2D eigenvalue weighted by Gasteiger charge is -2.50. The normalized spacial score (nSPS) is 20.6. The Morgan fingerprint density at radius 3 is 2.65 bits per heavy atom. The molecule has 2 unspecified atom stereocenters. The number of aromatic nitrogens is 1. The highest BCUT2D eigenvalue weighted by Gasteiger charge is 2.55. The fraction of sp³-hybridized carbons (Fsp3) is 0.433. The average molecular weight is 692 g/mol. The summed E-state index contributed by atoms with van der Waals surface area (Å²) in [5, 5.41) is 26.5. The Bertz CT molecular complexity index is 1620. The number of thiazole rings is 1. The molecule has 4 heterocycles. The number of nitrogen functional groups attached to an aromatic ring is 1. The fourth-order valence-electron chi connectivity index (χ4n) is 6.14. The first-order chi connectivity index (χ1) is 22.0. The Balaban J connectivity index is 1.30. The zero-order valence-electron chi connectivity index (χ0n) is 25.4. The number of nitrogens with one attached hydrogen (secondary N) is 2. The van der Waals surface area contributed by atoms with E-state index in [4.69, 9.17) is 22.1 Å². The molecule has 3 aliphatic rings. The molecule has 0 aliphatic carbocycles. The van der Waals surface area contributed by atoms with Gasteiger partial charge in [0.15, 0.2) is 16.6 Å². The number of phenols is 2. The highest BCUT2D eigenvalue weighted by Crippen LogP contribution is 2.42. The summed E-state index contributed by atoms with van der Waals surface area (Å²) in [6, 6.07) is 1.71. The third kappa shape index (κ3) is 6.54. The number of thioether (sulfide) groups is 1. The van der Waals surface area contributed by atoms with Crippen molar-refractivity contribution >= 4 is 69.1 Å². The van der Waals surface area contributed by atoms with Crippen LogP contribution in [0.25, 0.3) is 5.57 Å². The number of nitrogens with zero attached hydrogens (tertiary/aromatic N) is 3. The quantitative estimate of drug-likeness (QED) is 0.0771. The summed E-state index contributed by atoms with van der Waals surface area (Å²) < 4.78 is 5.72. The number of anilines is 1. The third-order valence-electron chi connectivity index (χ3n) is 8.42. The van der Waals surface area contributed by atoms with Crippen molar-refractivity contribution in [2.75, 3.05) is 51.3 Å². The molecule has 16 heteroatoms. The molecule has 1 aromatic carbocycles. The number of carbonyl (C=O) groups is 4. The summed E-state index contributed by atoms with van der Waals surface area (Å²) in [6.07, 6.45) is 4.26. The van der Waals surface area contributed by atoms with Crippen LogP contribution in [0.15, 0.2) is 34.9 Å². The van der Waals surface area contributed by atoms with Gasteiger partial charge in [-0.25, -0.2) is 9.78 Å². The predicted molar refractivity (Wildman–Crippen MR) is 175 cm³/mol. The number of halogens is 1. The first-order valence-corrected chi connectivity index (χ1v) is 17.1. The number of likely N-dealkylation sites (tertiary alicyclic amines) is 1. The first-order valence-electron chi connectivity index (χ1n) is 14.8. The van der Waals surface area contributed by atoms with E-state index in [-0.39, 0.29) is 16.3 Å². The molecule has 0 bridgehead atoms. The Kier molecular flexibility index (Phi) is 10.2. The van der Waals surface area contributed by atoms with Gasteiger partial charge in [0.2, 0.25) is 0 Å². The number of hydrogen-bond donors (Lipinski definition) is 5. The van der Waals surface area contributed by atoms with Crippen molar-refractivity contribution in [1.29, 1.82) is 0 Å². The zero-order valence-corrected chi connectivity index (χ0v) is 27.8. The molecule has 46 heavy (non-hydrogen) atoms. The van der Waals surface area contributed by atoms with Crippen molar-refractivity contribution in [1.82, 2.24) is 20.5 Å². The second-order valence-corrected chi connectivity index (χ2v) is 13.7. The molecule has 2 fully saturated rings. The standard InChI is InChI=1S/C30H35ClN6O7S2/c1-3-6-17(19-15-46-30(32)34-19)26(41)35-22-27(42)36-23(29(43)44-2)16(14-45-28(22)36)13-37(10-4-5-11-37)12-9-33-25(40)18-7-8-20(38)24(39)21(18)31/h6-8,15,22,28H,3-5,9-14H2,1-2H3,(H5-,32,33,34,35,38,39,40,41)/p+1/b17-6+. The van der Waals surface area contributed by atoms with E-state index in [0.29, 0.717) is 52.7 Å². The topological polar surface area (TPSA) is 184 Å². The largest absolute Gasteiger partial charge is 0.504 e. The molecule has 6 N–H and O–H groups in total. The Labute approximate surface area is 279 Å². The number of quaternary nitrogens is 1. The number of allylic oxidation sites excluding steroid dienone is 1.